The van der Waals surface area contributed by atoms with Gasteiger partial charge in [0.05, 0.1) is 11.8 Å². The Bertz CT molecular complexity index is 598. The Balaban J connectivity index is 0.00000133. The molecule has 0 amide bonds. The number of nitrogens with zero attached hydrogens (tertiary/aromatic N) is 1. The van der Waals surface area contributed by atoms with Gasteiger partial charge in [-0.1, -0.05) is 6.07 Å². The first-order chi connectivity index (χ1) is 8.79. The predicted octanol–water partition coefficient (Wildman–Crippen LogP) is 3.25. The second-order valence-corrected chi connectivity index (χ2v) is 4.81. The van der Waals surface area contributed by atoms with Crippen molar-refractivity contribution < 1.29 is 4.42 Å². The number of furan rings is 1. The third-order valence-electron chi connectivity index (χ3n) is 2.88. The predicted molar refractivity (Wildman–Crippen MR) is 81.3 cm³/mol. The molecule has 1 aromatic heterocycles. The van der Waals surface area contributed by atoms with Crippen molar-refractivity contribution in [2.24, 2.45) is 10.7 Å². The van der Waals surface area contributed by atoms with Crippen LogP contribution in [0.15, 0.2) is 50.9 Å². The van der Waals surface area contributed by atoms with Gasteiger partial charge in [-0.3, -0.25) is 0 Å². The highest BCUT2D eigenvalue weighted by Crippen LogP contribution is 2.33. The molecule has 0 aliphatic carbocycles. The fourth-order valence-corrected chi connectivity index (χ4v) is 2.68. The second-order valence-electron chi connectivity index (χ2n) is 3.96. The number of hydrogen-bond acceptors (Lipinski definition) is 5. The Morgan fingerprint density at radius 2 is 2.16 bits per heavy atom. The molecule has 3 N–H and O–H groups in total. The summed E-state index contributed by atoms with van der Waals surface area (Å²) in [6.07, 6.45) is 3.42. The highest BCUT2D eigenvalue weighted by Gasteiger charge is 2.23. The Hall–Kier alpha value is -1.59. The highest BCUT2D eigenvalue weighted by molar-refractivity contribution is 7.98. The normalized spacial score (nSPS) is 16.9. The SMILES string of the molecule is CSc1cccc2c1C(N)=NC(c1ccco1)N2.Cl. The second kappa shape index (κ2) is 5.59. The van der Waals surface area contributed by atoms with Crippen LogP contribution in [0.5, 0.6) is 0 Å². The molecule has 2 heterocycles. The van der Waals surface area contributed by atoms with E-state index in [2.05, 4.69) is 10.3 Å². The van der Waals surface area contributed by atoms with Crippen molar-refractivity contribution in [1.29, 1.82) is 0 Å². The summed E-state index contributed by atoms with van der Waals surface area (Å²) in [5.41, 5.74) is 8.05. The first-order valence-corrected chi connectivity index (χ1v) is 6.82. The molecular weight excluding hydrogens is 282 g/mol. The maximum absolute atomic E-state index is 6.07. The van der Waals surface area contributed by atoms with Crippen LogP contribution in [-0.2, 0) is 0 Å². The van der Waals surface area contributed by atoms with Gasteiger partial charge in [0.15, 0.2) is 6.17 Å². The molecule has 2 aromatic rings. The molecule has 1 atom stereocenters. The van der Waals surface area contributed by atoms with Gasteiger partial charge in [-0.15, -0.1) is 24.2 Å². The fraction of sp³-hybridized carbons (Fsp3) is 0.154. The Kier molecular flexibility index (Phi) is 4.07. The van der Waals surface area contributed by atoms with Crippen LogP contribution < -0.4 is 11.1 Å². The van der Waals surface area contributed by atoms with Crippen LogP contribution in [0.1, 0.15) is 17.5 Å². The van der Waals surface area contributed by atoms with Gasteiger partial charge in [-0.25, -0.2) is 4.99 Å². The molecule has 0 bridgehead atoms. The number of benzene rings is 1. The molecule has 1 aliphatic heterocycles. The van der Waals surface area contributed by atoms with Gasteiger partial charge >= 0.3 is 0 Å². The molecule has 4 nitrogen and oxygen atoms in total. The third-order valence-corrected chi connectivity index (χ3v) is 3.66. The largest absolute Gasteiger partial charge is 0.465 e. The summed E-state index contributed by atoms with van der Waals surface area (Å²) in [5.74, 6) is 1.31. The monoisotopic (exact) mass is 295 g/mol. The van der Waals surface area contributed by atoms with Gasteiger partial charge in [0.1, 0.15) is 11.6 Å². The molecule has 0 radical (unpaired) electrons. The van der Waals surface area contributed by atoms with E-state index >= 15 is 0 Å². The molecule has 1 aliphatic rings. The van der Waals surface area contributed by atoms with Gasteiger partial charge in [0.25, 0.3) is 0 Å². The molecule has 1 aromatic carbocycles. The molecule has 0 fully saturated rings. The summed E-state index contributed by atoms with van der Waals surface area (Å²) in [4.78, 5) is 5.58. The van der Waals surface area contributed by atoms with Crippen molar-refractivity contribution in [1.82, 2.24) is 0 Å². The first kappa shape index (κ1) is 13.8. The van der Waals surface area contributed by atoms with E-state index in [9.17, 15) is 0 Å². The first-order valence-electron chi connectivity index (χ1n) is 5.60. The molecule has 19 heavy (non-hydrogen) atoms. The van der Waals surface area contributed by atoms with Crippen molar-refractivity contribution >= 4 is 35.7 Å². The minimum absolute atomic E-state index is 0. The number of halogens is 1. The van der Waals surface area contributed by atoms with E-state index in [1.165, 1.54) is 0 Å². The number of nitrogens with two attached hydrogens (primary N) is 1. The average Bonchev–Trinajstić information content (AvgIpc) is 2.91. The van der Waals surface area contributed by atoms with Gasteiger partial charge in [-0.2, -0.15) is 0 Å². The van der Waals surface area contributed by atoms with E-state index in [0.29, 0.717) is 5.84 Å². The Morgan fingerprint density at radius 3 is 2.84 bits per heavy atom. The Morgan fingerprint density at radius 1 is 1.32 bits per heavy atom. The number of thioether (sulfide) groups is 1. The molecule has 0 saturated carbocycles. The van der Waals surface area contributed by atoms with Crippen molar-refractivity contribution in [3.63, 3.8) is 0 Å². The van der Waals surface area contributed by atoms with Gasteiger partial charge in [-0.05, 0) is 30.5 Å². The summed E-state index contributed by atoms with van der Waals surface area (Å²) in [6, 6.07) is 9.79. The zero-order valence-corrected chi connectivity index (χ0v) is 11.9. The third kappa shape index (κ3) is 2.43. The van der Waals surface area contributed by atoms with Crippen LogP contribution in [-0.4, -0.2) is 12.1 Å². The van der Waals surface area contributed by atoms with Crippen LogP contribution in [0.2, 0.25) is 0 Å². The minimum atomic E-state index is -0.246. The van der Waals surface area contributed by atoms with Crippen LogP contribution in [0.3, 0.4) is 0 Å². The van der Waals surface area contributed by atoms with E-state index in [4.69, 9.17) is 10.2 Å². The number of fused-ring (bicyclic) bond motifs is 1. The zero-order chi connectivity index (χ0) is 12.5. The summed E-state index contributed by atoms with van der Waals surface area (Å²) in [5, 5.41) is 3.33. The van der Waals surface area contributed by atoms with Gasteiger partial charge in [0.2, 0.25) is 0 Å². The lowest BCUT2D eigenvalue weighted by atomic mass is 10.1. The zero-order valence-electron chi connectivity index (χ0n) is 10.3. The molecule has 6 heteroatoms. The molecule has 100 valence electrons. The number of amidine groups is 1. The molecule has 0 spiro atoms. The van der Waals surface area contributed by atoms with E-state index < -0.39 is 0 Å². The lowest BCUT2D eigenvalue weighted by Gasteiger charge is -2.24. The number of aliphatic imine (C=N–C) groups is 1. The van der Waals surface area contributed by atoms with E-state index in [1.807, 2.05) is 36.6 Å². The van der Waals surface area contributed by atoms with Crippen molar-refractivity contribution in [3.8, 4) is 0 Å². The lowest BCUT2D eigenvalue weighted by molar-refractivity contribution is 0.484. The van der Waals surface area contributed by atoms with Crippen LogP contribution in [0, 0.1) is 0 Å². The molecule has 0 saturated heterocycles. The van der Waals surface area contributed by atoms with E-state index in [0.717, 1.165) is 21.9 Å². The maximum atomic E-state index is 6.07. The van der Waals surface area contributed by atoms with E-state index in [1.54, 1.807) is 18.0 Å². The van der Waals surface area contributed by atoms with Crippen molar-refractivity contribution in [2.45, 2.75) is 11.1 Å². The molecule has 1 unspecified atom stereocenters. The van der Waals surface area contributed by atoms with Gasteiger partial charge < -0.3 is 15.5 Å². The average molecular weight is 296 g/mol. The minimum Gasteiger partial charge on any atom is -0.465 e. The standard InChI is InChI=1S/C13H13N3OS.ClH/c1-18-10-6-2-4-8-11(10)12(14)16-13(15-8)9-5-3-7-17-9;/h2-7,13,15H,1H3,(H2,14,16);1H. The summed E-state index contributed by atoms with van der Waals surface area (Å²) < 4.78 is 5.36. The summed E-state index contributed by atoms with van der Waals surface area (Å²) in [7, 11) is 0. The molecule has 3 rings (SSSR count). The highest BCUT2D eigenvalue weighted by atomic mass is 35.5. The smallest absolute Gasteiger partial charge is 0.179 e. The topological polar surface area (TPSA) is 63.5 Å². The van der Waals surface area contributed by atoms with Crippen LogP contribution in [0.4, 0.5) is 5.69 Å². The van der Waals surface area contributed by atoms with Crippen LogP contribution >= 0.6 is 24.2 Å². The van der Waals surface area contributed by atoms with E-state index in [-0.39, 0.29) is 18.6 Å². The summed E-state index contributed by atoms with van der Waals surface area (Å²) >= 11 is 1.66. The lowest BCUT2D eigenvalue weighted by Crippen LogP contribution is -2.25. The van der Waals surface area contributed by atoms with Gasteiger partial charge in [0, 0.05) is 10.6 Å². The quantitative estimate of drug-likeness (QED) is 0.835. The molecular formula is C13H14ClN3OS. The Labute approximate surface area is 121 Å². The fourth-order valence-electron chi connectivity index (χ4n) is 2.05. The van der Waals surface area contributed by atoms with Crippen molar-refractivity contribution in [3.05, 3.63) is 47.9 Å². The van der Waals surface area contributed by atoms with Crippen molar-refractivity contribution in [2.75, 3.05) is 11.6 Å². The van der Waals surface area contributed by atoms with Crippen LogP contribution in [0.25, 0.3) is 0 Å². The number of hydrogen-bond donors (Lipinski definition) is 2. The number of nitrogens with one attached hydrogen (secondary N) is 1. The number of rotatable bonds is 2. The number of anilines is 1. The summed E-state index contributed by atoms with van der Waals surface area (Å²) in [6.45, 7) is 0. The maximum Gasteiger partial charge on any atom is 0.179 e.